The SMILES string of the molecule is CC(C)C[C@H](NC(=O)[C@@H](CC(C)C)NC(=O)[C@@H](CC(C)C)NC(=O)[C@H](CCCCN)NC(=O)[C@H](CC(C)C)NC(=O)[C@H](CC(C)C)NC(=O)[C@H](CCCCN)NC(=O)[C@H](CC(C)C)NC(=O)[C@@H](CC(C)C)NC(=O)[C@@H](CCCCN)NC(=O)[C@@H](N)CCCCN)C(N)=O. The smallest absolute Gasteiger partial charge is 0.243 e. The zero-order valence-electron chi connectivity index (χ0n) is 59.1. The molecule has 11 amide bonds. The number of unbranched alkanes of at least 4 members (excludes halogenated alkanes) is 4. The number of rotatable bonds is 51. The Balaban J connectivity index is 7.03. The van der Waals surface area contributed by atoms with Gasteiger partial charge in [-0.1, -0.05) is 103 Å². The van der Waals surface area contributed by atoms with Gasteiger partial charge in [0.25, 0.3) is 0 Å². The highest BCUT2D eigenvalue weighted by Crippen LogP contribution is 2.17. The normalized spacial score (nSPS) is 15.2. The van der Waals surface area contributed by atoms with Crippen LogP contribution in [0, 0.1) is 41.4 Å². The topological polar surface area (TPSA) is 464 Å². The van der Waals surface area contributed by atoms with Gasteiger partial charge in [-0.05, 0) is 183 Å². The molecule has 0 rings (SSSR count). The maximum absolute atomic E-state index is 14.6. The number of carbonyl (C=O) groups excluding carboxylic acids is 11. The molecule has 0 heterocycles. The Morgan fingerprint density at radius 3 is 0.591 bits per heavy atom. The molecule has 0 aromatic heterocycles. The molecule has 0 saturated heterocycles. The van der Waals surface area contributed by atoms with E-state index < -0.39 is 131 Å². The second-order valence-corrected chi connectivity index (χ2v) is 28.2. The molecule has 0 saturated carbocycles. The summed E-state index contributed by atoms with van der Waals surface area (Å²) in [4.78, 5) is 154. The van der Waals surface area contributed by atoms with Gasteiger partial charge in [0.05, 0.1) is 6.04 Å². The summed E-state index contributed by atoms with van der Waals surface area (Å²) in [5.74, 6) is -7.99. The second-order valence-electron chi connectivity index (χ2n) is 28.2. The molecule has 538 valence electrons. The van der Waals surface area contributed by atoms with E-state index in [-0.39, 0.29) is 112 Å². The lowest BCUT2D eigenvalue weighted by Gasteiger charge is -2.30. The molecule has 0 aliphatic heterocycles. The first-order chi connectivity index (χ1) is 43.6. The average molecular weight is 1320 g/mol. The molecule has 93 heavy (non-hydrogen) atoms. The van der Waals surface area contributed by atoms with Crippen LogP contribution < -0.4 is 87.6 Å². The first-order valence-corrected chi connectivity index (χ1v) is 34.5. The van der Waals surface area contributed by atoms with E-state index in [1.807, 2.05) is 96.9 Å². The van der Waals surface area contributed by atoms with Crippen molar-refractivity contribution in [3.63, 3.8) is 0 Å². The predicted molar refractivity (Wildman–Crippen MR) is 364 cm³/mol. The monoisotopic (exact) mass is 1320 g/mol. The van der Waals surface area contributed by atoms with E-state index in [2.05, 4.69) is 53.2 Å². The van der Waals surface area contributed by atoms with Crippen molar-refractivity contribution in [2.45, 2.75) is 285 Å². The third kappa shape index (κ3) is 38.2. The van der Waals surface area contributed by atoms with Crippen LogP contribution in [0.1, 0.15) is 219 Å². The van der Waals surface area contributed by atoms with Crippen molar-refractivity contribution >= 4 is 65.0 Å². The van der Waals surface area contributed by atoms with Crippen molar-refractivity contribution < 1.29 is 52.7 Å². The van der Waals surface area contributed by atoms with Crippen LogP contribution in [0.5, 0.6) is 0 Å². The summed E-state index contributed by atoms with van der Waals surface area (Å²) in [5.41, 5.74) is 34.9. The quantitative estimate of drug-likeness (QED) is 0.0384. The lowest BCUT2D eigenvalue weighted by molar-refractivity contribution is -0.136. The van der Waals surface area contributed by atoms with Crippen LogP contribution in [0.25, 0.3) is 0 Å². The Bertz CT molecular complexity index is 2270. The standard InChI is InChI=1S/C66H128N16O11/c1-38(2)31-49(56(72)83)76-63(90)52(34-41(7)8)82-66(93)55(37-44(13)14)79-60(87)48(26-18-22-30-70)75-62(89)51(33-40(5)6)81-65(92)54(36-43(11)12)78-59(86)47(25-17-21-29-69)74-61(88)50(32-39(3)4)80-64(91)53(35-42(9)10)77-58(85)46(24-16-20-28-68)73-57(84)45(71)23-15-19-27-67/h38-55H,15-37,67-71H2,1-14H3,(H2,72,83)(H,73,84)(H,74,88)(H,75,89)(H,76,90)(H,77,85)(H,78,86)(H,79,87)(H,80,91)(H,81,92)(H,82,93)/t45-,46+,47-,48-,49-,50-,51-,52+,53+,54-,55+/m0/s1. The van der Waals surface area contributed by atoms with Crippen molar-refractivity contribution in [3.8, 4) is 0 Å². The van der Waals surface area contributed by atoms with Crippen LogP contribution >= 0.6 is 0 Å². The van der Waals surface area contributed by atoms with E-state index in [0.717, 1.165) is 0 Å². The highest BCUT2D eigenvalue weighted by Gasteiger charge is 2.37. The summed E-state index contributed by atoms with van der Waals surface area (Å²) in [7, 11) is 0. The molecule has 0 aliphatic rings. The Morgan fingerprint density at radius 1 is 0.237 bits per heavy atom. The largest absolute Gasteiger partial charge is 0.368 e. The number of carbonyl (C=O) groups is 11. The zero-order chi connectivity index (χ0) is 71.1. The molecule has 27 nitrogen and oxygen atoms in total. The summed E-state index contributed by atoms with van der Waals surface area (Å²) >= 11 is 0. The van der Waals surface area contributed by atoms with Gasteiger partial charge in [0.2, 0.25) is 65.0 Å². The Morgan fingerprint density at radius 2 is 0.398 bits per heavy atom. The fourth-order valence-corrected chi connectivity index (χ4v) is 10.6. The lowest BCUT2D eigenvalue weighted by atomic mass is 9.98. The third-order valence-electron chi connectivity index (χ3n) is 15.5. The highest BCUT2D eigenvalue weighted by atomic mass is 16.2. The number of hydrogen-bond acceptors (Lipinski definition) is 16. The van der Waals surface area contributed by atoms with Gasteiger partial charge >= 0.3 is 0 Å². The van der Waals surface area contributed by atoms with Gasteiger partial charge in [-0.15, -0.1) is 0 Å². The van der Waals surface area contributed by atoms with Crippen LogP contribution in [0.4, 0.5) is 0 Å². The van der Waals surface area contributed by atoms with Crippen LogP contribution in [-0.4, -0.2) is 158 Å². The van der Waals surface area contributed by atoms with E-state index >= 15 is 0 Å². The molecule has 0 aromatic carbocycles. The minimum absolute atomic E-state index is 0.0280. The van der Waals surface area contributed by atoms with Crippen molar-refractivity contribution in [2.24, 2.45) is 75.8 Å². The molecule has 0 aliphatic carbocycles. The number of hydrogen-bond donors (Lipinski definition) is 16. The number of amides is 11. The zero-order valence-corrected chi connectivity index (χ0v) is 59.1. The molecule has 22 N–H and O–H groups in total. The van der Waals surface area contributed by atoms with Gasteiger partial charge in [0.15, 0.2) is 0 Å². The van der Waals surface area contributed by atoms with Gasteiger partial charge in [-0.25, -0.2) is 0 Å². The van der Waals surface area contributed by atoms with Gasteiger partial charge in [-0.2, -0.15) is 0 Å². The first kappa shape index (κ1) is 87.0. The fraction of sp³-hybridized carbons (Fsp3) is 0.833. The molecule has 0 bridgehead atoms. The van der Waals surface area contributed by atoms with Gasteiger partial charge < -0.3 is 87.6 Å². The summed E-state index contributed by atoms with van der Waals surface area (Å²) in [6.45, 7) is 27.5. The Kier molecular flexibility index (Phi) is 44.7. The van der Waals surface area contributed by atoms with E-state index in [1.54, 1.807) is 0 Å². The predicted octanol–water partition coefficient (Wildman–Crippen LogP) is 1.49. The van der Waals surface area contributed by atoms with E-state index in [0.29, 0.717) is 77.4 Å². The van der Waals surface area contributed by atoms with Crippen molar-refractivity contribution in [2.75, 3.05) is 26.2 Å². The van der Waals surface area contributed by atoms with Gasteiger partial charge in [0.1, 0.15) is 60.4 Å². The lowest BCUT2D eigenvalue weighted by Crippen LogP contribution is -2.61. The molecule has 0 spiro atoms. The molecule has 0 fully saturated rings. The summed E-state index contributed by atoms with van der Waals surface area (Å²) in [6, 6.07) is -12.3. The molecule has 0 unspecified atom stereocenters. The second kappa shape index (κ2) is 47.8. The third-order valence-corrected chi connectivity index (χ3v) is 15.5. The number of primary amides is 1. The average Bonchev–Trinajstić information content (AvgIpc) is 1.72. The Labute approximate surface area is 556 Å². The highest BCUT2D eigenvalue weighted by molar-refractivity contribution is 5.99. The van der Waals surface area contributed by atoms with E-state index in [4.69, 9.17) is 34.4 Å². The maximum atomic E-state index is 14.6. The van der Waals surface area contributed by atoms with Gasteiger partial charge in [0, 0.05) is 0 Å². The fourth-order valence-electron chi connectivity index (χ4n) is 10.6. The Hall–Kier alpha value is -6.03. The van der Waals surface area contributed by atoms with Crippen molar-refractivity contribution in [1.82, 2.24) is 53.2 Å². The van der Waals surface area contributed by atoms with Crippen LogP contribution in [0.3, 0.4) is 0 Å². The first-order valence-electron chi connectivity index (χ1n) is 34.5. The molecule has 0 radical (unpaired) electrons. The van der Waals surface area contributed by atoms with Crippen molar-refractivity contribution in [1.29, 1.82) is 0 Å². The summed E-state index contributed by atoms with van der Waals surface area (Å²) in [5, 5.41) is 28.1. The van der Waals surface area contributed by atoms with E-state index in [1.165, 1.54) is 0 Å². The minimum atomic E-state index is -1.23. The number of nitrogens with one attached hydrogen (secondary N) is 10. The number of nitrogens with two attached hydrogens (primary N) is 6. The van der Waals surface area contributed by atoms with E-state index in [9.17, 15) is 52.7 Å². The summed E-state index contributed by atoms with van der Waals surface area (Å²) < 4.78 is 0. The van der Waals surface area contributed by atoms with Crippen LogP contribution in [0.15, 0.2) is 0 Å². The van der Waals surface area contributed by atoms with Crippen LogP contribution in [-0.2, 0) is 52.7 Å². The van der Waals surface area contributed by atoms with Crippen LogP contribution in [0.2, 0.25) is 0 Å². The van der Waals surface area contributed by atoms with Crippen molar-refractivity contribution in [3.05, 3.63) is 0 Å². The summed E-state index contributed by atoms with van der Waals surface area (Å²) in [6.07, 6.45) is 6.18. The molecular formula is C66H128N16O11. The molecule has 0 aromatic rings. The molecule has 27 heteroatoms. The molecule has 11 atom stereocenters. The minimum Gasteiger partial charge on any atom is -0.368 e. The molecular weight excluding hydrogens is 1190 g/mol. The maximum Gasteiger partial charge on any atom is 0.243 e. The van der Waals surface area contributed by atoms with Gasteiger partial charge in [-0.3, -0.25) is 52.7 Å².